The molecule has 92 valence electrons. The van der Waals surface area contributed by atoms with Crippen molar-refractivity contribution in [3.8, 4) is 0 Å². The molecule has 0 aliphatic heterocycles. The molecule has 3 nitrogen and oxygen atoms in total. The van der Waals surface area contributed by atoms with Crippen LogP contribution in [0.25, 0.3) is 0 Å². The summed E-state index contributed by atoms with van der Waals surface area (Å²) in [6.07, 6.45) is 3.57. The molecule has 1 N–H and O–H groups in total. The van der Waals surface area contributed by atoms with Crippen LogP contribution in [-0.2, 0) is 6.54 Å². The summed E-state index contributed by atoms with van der Waals surface area (Å²) in [4.78, 5) is 6.06. The van der Waals surface area contributed by atoms with E-state index in [1.807, 2.05) is 47.4 Å². The van der Waals surface area contributed by atoms with Crippen LogP contribution in [0.1, 0.15) is 18.1 Å². The van der Waals surface area contributed by atoms with Crippen molar-refractivity contribution >= 4 is 5.84 Å². The fourth-order valence-corrected chi connectivity index (χ4v) is 1.84. The Hall–Kier alpha value is -2.16. The van der Waals surface area contributed by atoms with Crippen LogP contribution in [-0.4, -0.2) is 22.3 Å². The summed E-state index contributed by atoms with van der Waals surface area (Å²) in [6.45, 7) is 3.63. The number of nitrogens with zero attached hydrogens (tertiary/aromatic N) is 2. The topological polar surface area (TPSA) is 40.0 Å². The molecule has 0 spiro atoms. The highest BCUT2D eigenvalue weighted by atomic mass is 15.2. The fraction of sp³-hybridized carbons (Fsp3) is 0.200. The predicted molar refractivity (Wildman–Crippen MR) is 73.6 cm³/mol. The highest BCUT2D eigenvalue weighted by molar-refractivity contribution is 5.96. The molecular formula is C15H17N3. The van der Waals surface area contributed by atoms with Crippen LogP contribution in [0.4, 0.5) is 0 Å². The van der Waals surface area contributed by atoms with Crippen molar-refractivity contribution in [3.63, 3.8) is 0 Å². The second-order valence-electron chi connectivity index (χ2n) is 4.08. The average Bonchev–Trinajstić information content (AvgIpc) is 2.46. The van der Waals surface area contributed by atoms with Gasteiger partial charge in [-0.15, -0.1) is 0 Å². The van der Waals surface area contributed by atoms with E-state index in [0.717, 1.165) is 18.7 Å². The van der Waals surface area contributed by atoms with Gasteiger partial charge in [-0.1, -0.05) is 30.3 Å². The van der Waals surface area contributed by atoms with Gasteiger partial charge in [-0.3, -0.25) is 10.4 Å². The normalized spacial score (nSPS) is 10.1. The van der Waals surface area contributed by atoms with E-state index in [2.05, 4.69) is 11.9 Å². The first kappa shape index (κ1) is 12.3. The Morgan fingerprint density at radius 1 is 1.11 bits per heavy atom. The maximum Gasteiger partial charge on any atom is 0.128 e. The molecule has 2 rings (SSSR count). The molecule has 0 saturated carbocycles. The van der Waals surface area contributed by atoms with E-state index in [4.69, 9.17) is 5.41 Å². The SMILES string of the molecule is CCN(Cc1ccncc1)C(=N)c1ccccc1. The first-order chi connectivity index (χ1) is 8.81. The molecule has 0 aliphatic rings. The third-order valence-corrected chi connectivity index (χ3v) is 2.87. The maximum atomic E-state index is 8.25. The molecule has 0 saturated heterocycles. The molecule has 0 amide bonds. The lowest BCUT2D eigenvalue weighted by molar-refractivity contribution is 0.433. The molecule has 3 heteroatoms. The van der Waals surface area contributed by atoms with Gasteiger partial charge in [-0.2, -0.15) is 0 Å². The second-order valence-corrected chi connectivity index (χ2v) is 4.08. The monoisotopic (exact) mass is 239 g/mol. The second kappa shape index (κ2) is 5.96. The summed E-state index contributed by atoms with van der Waals surface area (Å²) in [6, 6.07) is 13.8. The van der Waals surface area contributed by atoms with Crippen molar-refractivity contribution in [3.05, 3.63) is 66.0 Å². The molecule has 18 heavy (non-hydrogen) atoms. The van der Waals surface area contributed by atoms with E-state index < -0.39 is 0 Å². The molecule has 0 radical (unpaired) electrons. The fourth-order valence-electron chi connectivity index (χ4n) is 1.84. The Labute approximate surface area is 108 Å². The zero-order valence-electron chi connectivity index (χ0n) is 10.5. The van der Waals surface area contributed by atoms with Gasteiger partial charge in [-0.25, -0.2) is 0 Å². The molecule has 0 unspecified atom stereocenters. The maximum absolute atomic E-state index is 8.25. The smallest absolute Gasteiger partial charge is 0.128 e. The standard InChI is InChI=1S/C15H17N3/c1-2-18(12-13-8-10-17-11-9-13)15(16)14-6-4-3-5-7-14/h3-11,16H,2,12H2,1H3. The molecular weight excluding hydrogens is 222 g/mol. The van der Waals surface area contributed by atoms with Crippen LogP contribution in [0.15, 0.2) is 54.9 Å². The average molecular weight is 239 g/mol. The zero-order chi connectivity index (χ0) is 12.8. The summed E-state index contributed by atoms with van der Waals surface area (Å²) < 4.78 is 0. The largest absolute Gasteiger partial charge is 0.353 e. The van der Waals surface area contributed by atoms with Crippen LogP contribution < -0.4 is 0 Å². The van der Waals surface area contributed by atoms with Crippen molar-refractivity contribution in [1.29, 1.82) is 5.41 Å². The molecule has 1 aromatic heterocycles. The van der Waals surface area contributed by atoms with Crippen molar-refractivity contribution in [2.24, 2.45) is 0 Å². The number of aromatic nitrogens is 1. The number of hydrogen-bond acceptors (Lipinski definition) is 2. The number of pyridine rings is 1. The summed E-state index contributed by atoms with van der Waals surface area (Å²) in [5, 5.41) is 8.25. The highest BCUT2D eigenvalue weighted by Gasteiger charge is 2.09. The minimum Gasteiger partial charge on any atom is -0.353 e. The van der Waals surface area contributed by atoms with Gasteiger partial charge in [0.15, 0.2) is 0 Å². The molecule has 0 aliphatic carbocycles. The molecule has 0 bridgehead atoms. The van der Waals surface area contributed by atoms with Crippen LogP contribution in [0.3, 0.4) is 0 Å². The van der Waals surface area contributed by atoms with E-state index in [1.165, 1.54) is 5.56 Å². The summed E-state index contributed by atoms with van der Waals surface area (Å²) in [5.74, 6) is 0.565. The molecule has 2 aromatic rings. The molecule has 0 atom stereocenters. The molecule has 1 aromatic carbocycles. The Morgan fingerprint density at radius 2 is 1.78 bits per heavy atom. The van der Waals surface area contributed by atoms with E-state index in [0.29, 0.717) is 5.84 Å². The van der Waals surface area contributed by atoms with Crippen LogP contribution >= 0.6 is 0 Å². The van der Waals surface area contributed by atoms with E-state index in [9.17, 15) is 0 Å². The summed E-state index contributed by atoms with van der Waals surface area (Å²) in [5.41, 5.74) is 2.13. The number of rotatable bonds is 4. The van der Waals surface area contributed by atoms with Gasteiger partial charge in [0.25, 0.3) is 0 Å². The van der Waals surface area contributed by atoms with Gasteiger partial charge in [0, 0.05) is 31.0 Å². The van der Waals surface area contributed by atoms with Crippen LogP contribution in [0, 0.1) is 5.41 Å². The Kier molecular flexibility index (Phi) is 4.07. The van der Waals surface area contributed by atoms with Gasteiger partial charge in [0.1, 0.15) is 5.84 Å². The lowest BCUT2D eigenvalue weighted by Crippen LogP contribution is -2.30. The Morgan fingerprint density at radius 3 is 2.39 bits per heavy atom. The minimum absolute atomic E-state index is 0.565. The molecule has 0 fully saturated rings. The van der Waals surface area contributed by atoms with Crippen LogP contribution in [0.2, 0.25) is 0 Å². The number of benzene rings is 1. The Balaban J connectivity index is 2.12. The third kappa shape index (κ3) is 2.94. The van der Waals surface area contributed by atoms with Crippen LogP contribution in [0.5, 0.6) is 0 Å². The number of hydrogen-bond donors (Lipinski definition) is 1. The van der Waals surface area contributed by atoms with Crippen molar-refractivity contribution in [2.45, 2.75) is 13.5 Å². The third-order valence-electron chi connectivity index (χ3n) is 2.87. The van der Waals surface area contributed by atoms with E-state index in [-0.39, 0.29) is 0 Å². The van der Waals surface area contributed by atoms with Gasteiger partial charge >= 0.3 is 0 Å². The van der Waals surface area contributed by atoms with Gasteiger partial charge < -0.3 is 4.90 Å². The minimum atomic E-state index is 0.565. The number of amidine groups is 1. The summed E-state index contributed by atoms with van der Waals surface area (Å²) >= 11 is 0. The first-order valence-corrected chi connectivity index (χ1v) is 6.09. The number of nitrogens with one attached hydrogen (secondary N) is 1. The lowest BCUT2D eigenvalue weighted by Gasteiger charge is -2.23. The molecule has 1 heterocycles. The Bertz CT molecular complexity index is 494. The quantitative estimate of drug-likeness (QED) is 0.658. The lowest BCUT2D eigenvalue weighted by atomic mass is 10.1. The summed E-state index contributed by atoms with van der Waals surface area (Å²) in [7, 11) is 0. The van der Waals surface area contributed by atoms with Crippen molar-refractivity contribution in [1.82, 2.24) is 9.88 Å². The van der Waals surface area contributed by atoms with E-state index >= 15 is 0 Å². The van der Waals surface area contributed by atoms with Gasteiger partial charge in [0.05, 0.1) is 0 Å². The van der Waals surface area contributed by atoms with Gasteiger partial charge in [-0.05, 0) is 24.6 Å². The van der Waals surface area contributed by atoms with Crippen molar-refractivity contribution in [2.75, 3.05) is 6.54 Å². The highest BCUT2D eigenvalue weighted by Crippen LogP contribution is 2.09. The van der Waals surface area contributed by atoms with Gasteiger partial charge in [0.2, 0.25) is 0 Å². The predicted octanol–water partition coefficient (Wildman–Crippen LogP) is 2.93. The zero-order valence-corrected chi connectivity index (χ0v) is 10.5. The first-order valence-electron chi connectivity index (χ1n) is 6.09. The van der Waals surface area contributed by atoms with Crippen molar-refractivity contribution < 1.29 is 0 Å². The van der Waals surface area contributed by atoms with E-state index in [1.54, 1.807) is 12.4 Å².